The molecule has 0 fully saturated rings. The third-order valence-electron chi connectivity index (χ3n) is 7.96. The molecule has 0 radical (unpaired) electrons. The predicted octanol–water partition coefficient (Wildman–Crippen LogP) is 8.17. The second-order valence-corrected chi connectivity index (χ2v) is 10.4. The van der Waals surface area contributed by atoms with Gasteiger partial charge in [-0.05, 0) is 41.2 Å². The smallest absolute Gasteiger partial charge is 0.238 e. The van der Waals surface area contributed by atoms with E-state index in [1.165, 1.54) is 16.7 Å². The van der Waals surface area contributed by atoms with Crippen molar-refractivity contribution in [3.8, 4) is 50.8 Å². The summed E-state index contributed by atoms with van der Waals surface area (Å²) in [7, 11) is 0. The van der Waals surface area contributed by atoms with E-state index >= 15 is 0 Å². The van der Waals surface area contributed by atoms with Crippen molar-refractivity contribution in [1.82, 2.24) is 24.5 Å². The lowest BCUT2D eigenvalue weighted by molar-refractivity contribution is 0.744. The van der Waals surface area contributed by atoms with Crippen LogP contribution >= 0.6 is 0 Å². The molecular formula is C35H25N5. The molecule has 2 aliphatic carbocycles. The first-order chi connectivity index (χ1) is 19.8. The van der Waals surface area contributed by atoms with Crippen molar-refractivity contribution in [2.75, 3.05) is 0 Å². The van der Waals surface area contributed by atoms with Crippen LogP contribution in [0.5, 0.6) is 0 Å². The van der Waals surface area contributed by atoms with Crippen molar-refractivity contribution >= 4 is 16.5 Å². The quantitative estimate of drug-likeness (QED) is 0.238. The highest BCUT2D eigenvalue weighted by Crippen LogP contribution is 2.47. The normalized spacial score (nSPS) is 15.3. The van der Waals surface area contributed by atoms with E-state index in [0.717, 1.165) is 51.1 Å². The number of hydrogen-bond acceptors (Lipinski definition) is 4. The number of aromatic nitrogens is 5. The molecule has 0 bridgehead atoms. The molecule has 1 unspecified atom stereocenters. The summed E-state index contributed by atoms with van der Waals surface area (Å²) in [6, 6.07) is 29.4. The Morgan fingerprint density at radius 2 is 1.45 bits per heavy atom. The Balaban J connectivity index is 1.43. The van der Waals surface area contributed by atoms with E-state index in [4.69, 9.17) is 19.9 Å². The summed E-state index contributed by atoms with van der Waals surface area (Å²) >= 11 is 0. The van der Waals surface area contributed by atoms with Crippen molar-refractivity contribution in [3.63, 3.8) is 0 Å². The van der Waals surface area contributed by atoms with Gasteiger partial charge in [0.15, 0.2) is 11.6 Å². The highest BCUT2D eigenvalue weighted by molar-refractivity contribution is 6.12. The molecule has 6 aromatic rings. The molecule has 3 aromatic heterocycles. The summed E-state index contributed by atoms with van der Waals surface area (Å²) in [5.74, 6) is 2.31. The van der Waals surface area contributed by atoms with Gasteiger partial charge >= 0.3 is 0 Å². The Morgan fingerprint density at radius 3 is 2.30 bits per heavy atom. The topological polar surface area (TPSA) is 56.5 Å². The van der Waals surface area contributed by atoms with E-state index in [9.17, 15) is 0 Å². The Labute approximate surface area is 232 Å². The first-order valence-electron chi connectivity index (χ1n) is 13.6. The standard InChI is InChI=1S/C35H25N5/c1-22-11-5-6-14-24(22)34-37-33(23-12-3-2-4-13-23)38-35(39-34)40-21-29-31-27(17-9-19-30(31)40)25-15-7-8-16-26(25)28-18-10-20-36-32(28)29/h2-10,12-22H,11H2,1H3. The van der Waals surface area contributed by atoms with Gasteiger partial charge in [-0.15, -0.1) is 0 Å². The molecule has 5 heteroatoms. The molecule has 3 heterocycles. The summed E-state index contributed by atoms with van der Waals surface area (Å²) in [5, 5.41) is 1.16. The van der Waals surface area contributed by atoms with Gasteiger partial charge in [-0.1, -0.05) is 97.9 Å². The van der Waals surface area contributed by atoms with Crippen molar-refractivity contribution in [2.45, 2.75) is 13.3 Å². The van der Waals surface area contributed by atoms with Crippen molar-refractivity contribution in [2.24, 2.45) is 5.92 Å². The average Bonchev–Trinajstić information content (AvgIpc) is 3.36. The predicted molar refractivity (Wildman–Crippen MR) is 161 cm³/mol. The number of allylic oxidation sites excluding steroid dienone is 4. The largest absolute Gasteiger partial charge is 0.285 e. The Kier molecular flexibility index (Phi) is 5.10. The second kappa shape index (κ2) is 8.95. The maximum atomic E-state index is 5.09. The summed E-state index contributed by atoms with van der Waals surface area (Å²) in [5.41, 5.74) is 9.89. The fourth-order valence-corrected chi connectivity index (χ4v) is 6.01. The molecule has 1 atom stereocenters. The van der Waals surface area contributed by atoms with Gasteiger partial charge in [0.1, 0.15) is 0 Å². The fourth-order valence-electron chi connectivity index (χ4n) is 6.01. The highest BCUT2D eigenvalue weighted by Gasteiger charge is 2.26. The van der Waals surface area contributed by atoms with E-state index in [1.807, 2.05) is 42.6 Å². The summed E-state index contributed by atoms with van der Waals surface area (Å²) < 4.78 is 2.11. The van der Waals surface area contributed by atoms with Gasteiger partial charge in [0.05, 0.1) is 11.2 Å². The summed E-state index contributed by atoms with van der Waals surface area (Å²) in [4.78, 5) is 20.0. The maximum Gasteiger partial charge on any atom is 0.238 e. The molecule has 0 spiro atoms. The van der Waals surface area contributed by atoms with Gasteiger partial charge in [0.2, 0.25) is 5.95 Å². The van der Waals surface area contributed by atoms with Gasteiger partial charge in [0, 0.05) is 40.0 Å². The monoisotopic (exact) mass is 515 g/mol. The van der Waals surface area contributed by atoms with Crippen molar-refractivity contribution in [1.29, 1.82) is 0 Å². The summed E-state index contributed by atoms with van der Waals surface area (Å²) in [6.07, 6.45) is 11.4. The van der Waals surface area contributed by atoms with Crippen LogP contribution in [0.25, 0.3) is 67.3 Å². The average molecular weight is 516 g/mol. The van der Waals surface area contributed by atoms with E-state index in [1.54, 1.807) is 0 Å². The molecule has 0 saturated carbocycles. The lowest BCUT2D eigenvalue weighted by Gasteiger charge is -2.17. The molecule has 0 saturated heterocycles. The van der Waals surface area contributed by atoms with Gasteiger partial charge in [-0.3, -0.25) is 9.55 Å². The molecule has 5 nitrogen and oxygen atoms in total. The molecule has 0 N–H and O–H groups in total. The minimum Gasteiger partial charge on any atom is -0.285 e. The van der Waals surface area contributed by atoms with Crippen LogP contribution in [0, 0.1) is 5.92 Å². The zero-order chi connectivity index (χ0) is 26.6. The second-order valence-electron chi connectivity index (χ2n) is 10.4. The molecule has 3 aromatic carbocycles. The number of fused-ring (bicyclic) bond motifs is 5. The molecule has 8 rings (SSSR count). The third kappa shape index (κ3) is 3.48. The van der Waals surface area contributed by atoms with Gasteiger partial charge in [-0.25, -0.2) is 4.98 Å². The number of nitrogens with zero attached hydrogens (tertiary/aromatic N) is 5. The Bertz CT molecular complexity index is 2000. The van der Waals surface area contributed by atoms with Crippen molar-refractivity contribution < 1.29 is 0 Å². The zero-order valence-electron chi connectivity index (χ0n) is 22.0. The highest BCUT2D eigenvalue weighted by atomic mass is 15.2. The van der Waals surface area contributed by atoms with Crippen LogP contribution in [0.1, 0.15) is 19.2 Å². The van der Waals surface area contributed by atoms with E-state index in [2.05, 4.69) is 84.4 Å². The number of hydrogen-bond donors (Lipinski definition) is 0. The van der Waals surface area contributed by atoms with Gasteiger partial charge < -0.3 is 0 Å². The van der Waals surface area contributed by atoms with Crippen LogP contribution < -0.4 is 0 Å². The summed E-state index contributed by atoms with van der Waals surface area (Å²) in [6.45, 7) is 2.22. The van der Waals surface area contributed by atoms with Crippen LogP contribution in [0.3, 0.4) is 0 Å². The molecule has 190 valence electrons. The Hall–Kier alpha value is -5.16. The number of benzene rings is 3. The number of pyridine rings is 1. The van der Waals surface area contributed by atoms with Crippen LogP contribution in [0.4, 0.5) is 0 Å². The molecule has 2 aliphatic rings. The molecule has 0 aliphatic heterocycles. The minimum atomic E-state index is 0.325. The first kappa shape index (κ1) is 22.8. The first-order valence-corrected chi connectivity index (χ1v) is 13.6. The molecule has 0 amide bonds. The maximum absolute atomic E-state index is 5.09. The SMILES string of the molecule is CC1CC=CC=C1c1nc(-c2ccccc2)nc(-n2cc3c4c(cccc42)-c2ccccc2-c2cccnc2-3)n1. The van der Waals surface area contributed by atoms with E-state index in [0.29, 0.717) is 17.7 Å². The fraction of sp³-hybridized carbons (Fsp3) is 0.0857. The van der Waals surface area contributed by atoms with E-state index < -0.39 is 0 Å². The van der Waals surface area contributed by atoms with Crippen LogP contribution in [0.2, 0.25) is 0 Å². The zero-order valence-corrected chi connectivity index (χ0v) is 22.0. The minimum absolute atomic E-state index is 0.325. The lowest BCUT2D eigenvalue weighted by Crippen LogP contribution is -2.11. The Morgan fingerprint density at radius 1 is 0.700 bits per heavy atom. The van der Waals surface area contributed by atoms with E-state index in [-0.39, 0.29) is 0 Å². The van der Waals surface area contributed by atoms with Crippen LogP contribution in [0.15, 0.2) is 116 Å². The van der Waals surface area contributed by atoms with Gasteiger partial charge in [0.25, 0.3) is 0 Å². The lowest BCUT2D eigenvalue weighted by atomic mass is 9.93. The van der Waals surface area contributed by atoms with Crippen LogP contribution in [-0.2, 0) is 0 Å². The van der Waals surface area contributed by atoms with Crippen molar-refractivity contribution in [3.05, 3.63) is 121 Å². The third-order valence-corrected chi connectivity index (χ3v) is 7.96. The molecule has 40 heavy (non-hydrogen) atoms. The van der Waals surface area contributed by atoms with Gasteiger partial charge in [-0.2, -0.15) is 9.97 Å². The number of rotatable bonds is 3. The molecular weight excluding hydrogens is 490 g/mol. The van der Waals surface area contributed by atoms with Crippen LogP contribution in [-0.4, -0.2) is 24.5 Å².